The quantitative estimate of drug-likeness (QED) is 0.537. The molecule has 0 fully saturated rings. The van der Waals surface area contributed by atoms with Crippen LogP contribution in [0.5, 0.6) is 0 Å². The van der Waals surface area contributed by atoms with Crippen LogP contribution >= 0.6 is 0 Å². The molecule has 3 rings (SSSR count). The van der Waals surface area contributed by atoms with Gasteiger partial charge >= 0.3 is 6.09 Å². The molecule has 2 N–H and O–H groups in total. The number of ketones is 1. The Bertz CT molecular complexity index is 1080. The van der Waals surface area contributed by atoms with Crippen molar-refractivity contribution >= 4 is 29.2 Å². The summed E-state index contributed by atoms with van der Waals surface area (Å²) >= 11 is 0. The average Bonchev–Trinajstić information content (AvgIpc) is 2.73. The number of hydrogen-bond acceptors (Lipinski definition) is 4. The van der Waals surface area contributed by atoms with Gasteiger partial charge in [0.2, 0.25) is 0 Å². The fourth-order valence-electron chi connectivity index (χ4n) is 2.82. The number of amides is 2. The lowest BCUT2D eigenvalue weighted by Crippen LogP contribution is -2.27. The molecule has 6 nitrogen and oxygen atoms in total. The van der Waals surface area contributed by atoms with Gasteiger partial charge in [0.05, 0.1) is 0 Å². The number of carbonyl (C=O) groups is 3. The first-order valence-electron chi connectivity index (χ1n) is 9.82. The van der Waals surface area contributed by atoms with E-state index in [2.05, 4.69) is 10.6 Å². The van der Waals surface area contributed by atoms with E-state index in [-0.39, 0.29) is 11.7 Å². The zero-order valence-electron chi connectivity index (χ0n) is 17.6. The van der Waals surface area contributed by atoms with Crippen LogP contribution in [0, 0.1) is 0 Å². The summed E-state index contributed by atoms with van der Waals surface area (Å²) in [5, 5.41) is 5.41. The smallest absolute Gasteiger partial charge is 0.412 e. The topological polar surface area (TPSA) is 84.5 Å². The Balaban J connectivity index is 1.65. The molecule has 158 valence electrons. The number of rotatable bonds is 5. The zero-order valence-corrected chi connectivity index (χ0v) is 17.6. The summed E-state index contributed by atoms with van der Waals surface area (Å²) in [6.07, 6.45) is -0.565. The molecular weight excluding hydrogens is 392 g/mol. The molecule has 0 bridgehead atoms. The lowest BCUT2D eigenvalue weighted by atomic mass is 10.0. The second-order valence-electron chi connectivity index (χ2n) is 7.93. The maximum absolute atomic E-state index is 12.6. The molecule has 0 aliphatic rings. The Morgan fingerprint density at radius 2 is 1.32 bits per heavy atom. The molecule has 0 saturated heterocycles. The predicted octanol–water partition coefficient (Wildman–Crippen LogP) is 5.52. The first kappa shape index (κ1) is 21.8. The van der Waals surface area contributed by atoms with Crippen LogP contribution in [-0.2, 0) is 4.74 Å². The van der Waals surface area contributed by atoms with Crippen molar-refractivity contribution in [1.29, 1.82) is 0 Å². The van der Waals surface area contributed by atoms with Crippen LogP contribution in [0.1, 0.15) is 47.1 Å². The Hall–Kier alpha value is -3.93. The van der Waals surface area contributed by atoms with Crippen molar-refractivity contribution in [3.63, 3.8) is 0 Å². The van der Waals surface area contributed by atoms with Gasteiger partial charge in [-0.15, -0.1) is 0 Å². The first-order valence-corrected chi connectivity index (χ1v) is 9.82. The molecule has 0 aliphatic heterocycles. The molecule has 0 heterocycles. The molecule has 6 heteroatoms. The van der Waals surface area contributed by atoms with Gasteiger partial charge in [0.15, 0.2) is 5.78 Å². The summed E-state index contributed by atoms with van der Waals surface area (Å²) in [5.74, 6) is -0.442. The van der Waals surface area contributed by atoms with Gasteiger partial charge in [0.1, 0.15) is 5.60 Å². The van der Waals surface area contributed by atoms with E-state index < -0.39 is 11.7 Å². The second kappa shape index (κ2) is 9.26. The van der Waals surface area contributed by atoms with E-state index in [1.807, 2.05) is 6.07 Å². The second-order valence-corrected chi connectivity index (χ2v) is 7.93. The lowest BCUT2D eigenvalue weighted by Gasteiger charge is -2.19. The van der Waals surface area contributed by atoms with Crippen LogP contribution in [0.2, 0.25) is 0 Å². The minimum Gasteiger partial charge on any atom is -0.444 e. The third-order valence-electron chi connectivity index (χ3n) is 4.21. The molecule has 0 saturated carbocycles. The highest BCUT2D eigenvalue weighted by molar-refractivity contribution is 6.10. The Morgan fingerprint density at radius 3 is 1.97 bits per heavy atom. The van der Waals surface area contributed by atoms with Crippen molar-refractivity contribution in [2.75, 3.05) is 10.6 Å². The van der Waals surface area contributed by atoms with Crippen LogP contribution in [0.4, 0.5) is 16.2 Å². The van der Waals surface area contributed by atoms with E-state index in [1.165, 1.54) is 0 Å². The number of benzene rings is 3. The number of carbonyl (C=O) groups excluding carboxylic acids is 3. The maximum Gasteiger partial charge on any atom is 0.412 e. The van der Waals surface area contributed by atoms with E-state index in [4.69, 9.17) is 4.74 Å². The molecule has 0 radical (unpaired) electrons. The molecular formula is C25H24N2O4. The maximum atomic E-state index is 12.6. The van der Waals surface area contributed by atoms with E-state index in [0.29, 0.717) is 28.1 Å². The Kier molecular flexibility index (Phi) is 6.50. The van der Waals surface area contributed by atoms with Gasteiger partial charge in [-0.25, -0.2) is 4.79 Å². The van der Waals surface area contributed by atoms with Crippen LogP contribution in [0.3, 0.4) is 0 Å². The van der Waals surface area contributed by atoms with Gasteiger partial charge in [-0.05, 0) is 57.2 Å². The van der Waals surface area contributed by atoms with Crippen LogP contribution in [0.25, 0.3) is 0 Å². The molecule has 0 aliphatic carbocycles. The van der Waals surface area contributed by atoms with Crippen molar-refractivity contribution < 1.29 is 19.1 Å². The van der Waals surface area contributed by atoms with Crippen molar-refractivity contribution in [3.8, 4) is 0 Å². The minimum atomic E-state index is -0.597. The Morgan fingerprint density at radius 1 is 0.677 bits per heavy atom. The van der Waals surface area contributed by atoms with Gasteiger partial charge in [-0.2, -0.15) is 0 Å². The summed E-state index contributed by atoms with van der Waals surface area (Å²) < 4.78 is 5.20. The fourth-order valence-corrected chi connectivity index (χ4v) is 2.82. The fraction of sp³-hybridized carbons (Fsp3) is 0.160. The standard InChI is InChI=1S/C25H24N2O4/c1-25(2,3)31-24(30)27-20-14-12-18(13-15-20)23(29)26-21-11-7-10-19(16-21)22(28)17-8-5-4-6-9-17/h4-16H,1-3H3,(H,26,29)(H,27,30). The molecule has 3 aromatic rings. The van der Waals surface area contributed by atoms with Crippen LogP contribution in [0.15, 0.2) is 78.9 Å². The largest absolute Gasteiger partial charge is 0.444 e. The van der Waals surface area contributed by atoms with Gasteiger partial charge in [0, 0.05) is 28.1 Å². The van der Waals surface area contributed by atoms with Gasteiger partial charge in [-0.1, -0.05) is 42.5 Å². The van der Waals surface area contributed by atoms with Crippen molar-refractivity contribution in [1.82, 2.24) is 0 Å². The van der Waals surface area contributed by atoms with E-state index in [0.717, 1.165) is 0 Å². The number of hydrogen-bond donors (Lipinski definition) is 2. The molecule has 2 amide bonds. The van der Waals surface area contributed by atoms with E-state index in [1.54, 1.807) is 93.6 Å². The highest BCUT2D eigenvalue weighted by atomic mass is 16.6. The first-order chi connectivity index (χ1) is 14.7. The van der Waals surface area contributed by atoms with Crippen molar-refractivity contribution in [2.45, 2.75) is 26.4 Å². The average molecular weight is 416 g/mol. The third-order valence-corrected chi connectivity index (χ3v) is 4.21. The molecule has 31 heavy (non-hydrogen) atoms. The van der Waals surface area contributed by atoms with Gasteiger partial charge in [0.25, 0.3) is 5.91 Å². The highest BCUT2D eigenvalue weighted by Gasteiger charge is 2.16. The molecule has 0 aromatic heterocycles. The zero-order chi connectivity index (χ0) is 22.4. The summed E-state index contributed by atoms with van der Waals surface area (Å²) in [6.45, 7) is 5.34. The summed E-state index contributed by atoms with van der Waals surface area (Å²) in [5.41, 5.74) is 1.92. The van der Waals surface area contributed by atoms with Crippen LogP contribution < -0.4 is 10.6 Å². The predicted molar refractivity (Wildman–Crippen MR) is 121 cm³/mol. The molecule has 0 spiro atoms. The lowest BCUT2D eigenvalue weighted by molar-refractivity contribution is 0.0635. The SMILES string of the molecule is CC(C)(C)OC(=O)Nc1ccc(C(=O)Nc2cccc(C(=O)c3ccccc3)c2)cc1. The minimum absolute atomic E-state index is 0.116. The number of nitrogens with one attached hydrogen (secondary N) is 2. The van der Waals surface area contributed by atoms with Gasteiger partial charge < -0.3 is 10.1 Å². The third kappa shape index (κ3) is 6.27. The van der Waals surface area contributed by atoms with E-state index >= 15 is 0 Å². The summed E-state index contributed by atoms with van der Waals surface area (Å²) in [4.78, 5) is 37.0. The number of anilines is 2. The van der Waals surface area contributed by atoms with Gasteiger partial charge in [-0.3, -0.25) is 14.9 Å². The number of ether oxygens (including phenoxy) is 1. The normalized spacial score (nSPS) is 10.8. The molecule has 0 unspecified atom stereocenters. The Labute approximate surface area is 181 Å². The monoisotopic (exact) mass is 416 g/mol. The van der Waals surface area contributed by atoms with Crippen molar-refractivity contribution in [3.05, 3.63) is 95.6 Å². The summed E-state index contributed by atoms with van der Waals surface area (Å²) in [6, 6.07) is 22.2. The molecule has 3 aromatic carbocycles. The summed E-state index contributed by atoms with van der Waals surface area (Å²) in [7, 11) is 0. The van der Waals surface area contributed by atoms with Crippen LogP contribution in [-0.4, -0.2) is 23.4 Å². The van der Waals surface area contributed by atoms with Crippen molar-refractivity contribution in [2.24, 2.45) is 0 Å². The van der Waals surface area contributed by atoms with E-state index in [9.17, 15) is 14.4 Å². The highest BCUT2D eigenvalue weighted by Crippen LogP contribution is 2.17. The molecule has 0 atom stereocenters.